The Hall–Kier alpha value is -3.92. The van der Waals surface area contributed by atoms with Crippen LogP contribution in [0.4, 0.5) is 0 Å². The summed E-state index contributed by atoms with van der Waals surface area (Å²) in [5.41, 5.74) is 3.68. The van der Waals surface area contributed by atoms with Gasteiger partial charge in [0.25, 0.3) is 0 Å². The van der Waals surface area contributed by atoms with E-state index in [1.54, 1.807) is 23.7 Å². The van der Waals surface area contributed by atoms with E-state index in [0.29, 0.717) is 42.9 Å². The number of unbranched alkanes of at least 4 members (excludes halogenated alkanes) is 1. The summed E-state index contributed by atoms with van der Waals surface area (Å²) in [5.74, 6) is 1.09. The number of carbonyl (C=O) groups excluding carboxylic acids is 2. The second-order valence-electron chi connectivity index (χ2n) is 10.5. The molecule has 1 fully saturated rings. The summed E-state index contributed by atoms with van der Waals surface area (Å²) in [4.78, 5) is 28.3. The number of benzene rings is 3. The van der Waals surface area contributed by atoms with E-state index in [1.807, 2.05) is 48.5 Å². The number of ether oxygens (including phenoxy) is 2. The Labute approximate surface area is 249 Å². The van der Waals surface area contributed by atoms with Crippen molar-refractivity contribution < 1.29 is 29.4 Å². The summed E-state index contributed by atoms with van der Waals surface area (Å²) in [5, 5.41) is 19.5. The maximum absolute atomic E-state index is 13.9. The quantitative estimate of drug-likeness (QED) is 0.0715. The number of thiophene rings is 1. The van der Waals surface area contributed by atoms with Gasteiger partial charge in [-0.05, 0) is 111 Å². The number of rotatable bonds is 13. The van der Waals surface area contributed by atoms with Crippen molar-refractivity contribution in [2.45, 2.75) is 38.5 Å². The van der Waals surface area contributed by atoms with E-state index < -0.39 is 5.91 Å². The largest absolute Gasteiger partial charge is 0.508 e. The SMILES string of the molecule is O=C(CCCCOc1ccc(-c2sc3cc(O)ccc3c2C(=O)c2ccc(OCCN3CCCCC3)cc2)cc1)NO. The van der Waals surface area contributed by atoms with E-state index in [0.717, 1.165) is 45.9 Å². The number of ketones is 1. The molecule has 42 heavy (non-hydrogen) atoms. The first-order valence-corrected chi connectivity index (χ1v) is 15.2. The molecule has 0 radical (unpaired) electrons. The van der Waals surface area contributed by atoms with Crippen LogP contribution in [0.3, 0.4) is 0 Å². The zero-order chi connectivity index (χ0) is 29.3. The van der Waals surface area contributed by atoms with Crippen LogP contribution in [0.25, 0.3) is 20.5 Å². The Morgan fingerprint density at radius 1 is 0.857 bits per heavy atom. The fraction of sp³-hybridized carbons (Fsp3) is 0.333. The monoisotopic (exact) mass is 588 g/mol. The lowest BCUT2D eigenvalue weighted by Crippen LogP contribution is -2.33. The number of hydrogen-bond acceptors (Lipinski definition) is 8. The number of phenols is 1. The molecule has 9 heteroatoms. The van der Waals surface area contributed by atoms with Gasteiger partial charge in [0, 0.05) is 39.1 Å². The van der Waals surface area contributed by atoms with E-state index in [4.69, 9.17) is 14.7 Å². The summed E-state index contributed by atoms with van der Waals surface area (Å²) < 4.78 is 12.6. The summed E-state index contributed by atoms with van der Waals surface area (Å²) in [6, 6.07) is 20.0. The highest BCUT2D eigenvalue weighted by Crippen LogP contribution is 2.41. The van der Waals surface area contributed by atoms with Crippen molar-refractivity contribution in [3.63, 3.8) is 0 Å². The Kier molecular flexibility index (Phi) is 10.1. The number of piperidine rings is 1. The Bertz CT molecular complexity index is 1490. The number of hydroxylamine groups is 1. The first-order valence-electron chi connectivity index (χ1n) is 14.4. The molecule has 1 aliphatic rings. The van der Waals surface area contributed by atoms with E-state index in [2.05, 4.69) is 4.90 Å². The molecule has 1 aliphatic heterocycles. The van der Waals surface area contributed by atoms with Gasteiger partial charge in [0.05, 0.1) is 6.61 Å². The maximum atomic E-state index is 13.9. The van der Waals surface area contributed by atoms with Crippen molar-refractivity contribution in [1.29, 1.82) is 0 Å². The molecule has 1 saturated heterocycles. The van der Waals surface area contributed by atoms with E-state index in [1.165, 1.54) is 30.6 Å². The fourth-order valence-corrected chi connectivity index (χ4v) is 6.41. The molecule has 8 nitrogen and oxygen atoms in total. The van der Waals surface area contributed by atoms with Gasteiger partial charge in [-0.25, -0.2) is 5.48 Å². The van der Waals surface area contributed by atoms with Crippen LogP contribution in [0, 0.1) is 0 Å². The number of aromatic hydroxyl groups is 1. The summed E-state index contributed by atoms with van der Waals surface area (Å²) in [7, 11) is 0. The summed E-state index contributed by atoms with van der Waals surface area (Å²) >= 11 is 1.47. The highest BCUT2D eigenvalue weighted by atomic mass is 32.1. The average Bonchev–Trinajstić information content (AvgIpc) is 3.40. The molecule has 220 valence electrons. The van der Waals surface area contributed by atoms with Crippen LogP contribution in [0.15, 0.2) is 66.7 Å². The molecule has 5 rings (SSSR count). The molecule has 1 amide bonds. The smallest absolute Gasteiger partial charge is 0.243 e. The molecule has 2 heterocycles. The molecule has 4 aromatic rings. The van der Waals surface area contributed by atoms with Crippen molar-refractivity contribution in [3.05, 3.63) is 77.9 Å². The van der Waals surface area contributed by atoms with Gasteiger partial charge < -0.3 is 14.6 Å². The van der Waals surface area contributed by atoms with Gasteiger partial charge in [0.2, 0.25) is 5.91 Å². The van der Waals surface area contributed by atoms with Crippen molar-refractivity contribution >= 4 is 33.1 Å². The molecule has 0 aliphatic carbocycles. The van der Waals surface area contributed by atoms with Crippen LogP contribution < -0.4 is 15.0 Å². The molecule has 3 N–H and O–H groups in total. The lowest BCUT2D eigenvalue weighted by atomic mass is 9.97. The van der Waals surface area contributed by atoms with Gasteiger partial charge in [-0.15, -0.1) is 11.3 Å². The van der Waals surface area contributed by atoms with E-state index in [-0.39, 0.29) is 18.0 Å². The molecule has 0 bridgehead atoms. The molecule has 3 aromatic carbocycles. The van der Waals surface area contributed by atoms with Crippen molar-refractivity contribution in [1.82, 2.24) is 10.4 Å². The third-order valence-corrected chi connectivity index (χ3v) is 8.65. The second kappa shape index (κ2) is 14.3. The van der Waals surface area contributed by atoms with Crippen LogP contribution in [0.2, 0.25) is 0 Å². The molecular formula is C33H36N2O6S. The molecule has 0 unspecified atom stereocenters. The van der Waals surface area contributed by atoms with Crippen molar-refractivity contribution in [2.75, 3.05) is 32.8 Å². The van der Waals surface area contributed by atoms with Gasteiger partial charge in [0.15, 0.2) is 5.78 Å². The standard InChI is InChI=1S/C33H36N2O6S/c36-25-11-16-28-29(22-25)42-33(24-9-14-26(15-10-24)40-20-5-2-6-30(37)34-39)31(28)32(38)23-7-12-27(13-8-23)41-21-19-35-17-3-1-4-18-35/h7-16,22,36,39H,1-6,17-21H2,(H,34,37). The van der Waals surface area contributed by atoms with Crippen LogP contribution in [0.1, 0.15) is 54.4 Å². The molecular weight excluding hydrogens is 552 g/mol. The van der Waals surface area contributed by atoms with Gasteiger partial charge in [0.1, 0.15) is 23.9 Å². The maximum Gasteiger partial charge on any atom is 0.243 e. The van der Waals surface area contributed by atoms with Gasteiger partial charge >= 0.3 is 0 Å². The van der Waals surface area contributed by atoms with E-state index >= 15 is 0 Å². The molecule has 0 saturated carbocycles. The van der Waals surface area contributed by atoms with Gasteiger partial charge in [-0.2, -0.15) is 0 Å². The number of fused-ring (bicyclic) bond motifs is 1. The third-order valence-electron chi connectivity index (χ3n) is 7.45. The van der Waals surface area contributed by atoms with Crippen molar-refractivity contribution in [2.24, 2.45) is 0 Å². The fourth-order valence-electron chi connectivity index (χ4n) is 5.17. The highest BCUT2D eigenvalue weighted by molar-refractivity contribution is 7.22. The highest BCUT2D eigenvalue weighted by Gasteiger charge is 2.22. The lowest BCUT2D eigenvalue weighted by Gasteiger charge is -2.26. The van der Waals surface area contributed by atoms with Gasteiger partial charge in [-0.1, -0.05) is 6.42 Å². The molecule has 0 spiro atoms. The first kappa shape index (κ1) is 29.6. The van der Waals surface area contributed by atoms with Crippen LogP contribution >= 0.6 is 11.3 Å². The van der Waals surface area contributed by atoms with Crippen molar-refractivity contribution in [3.8, 4) is 27.7 Å². The summed E-state index contributed by atoms with van der Waals surface area (Å²) in [6.07, 6.45) is 5.34. The molecule has 0 atom stereocenters. The Balaban J connectivity index is 1.29. The zero-order valence-corrected chi connectivity index (χ0v) is 24.3. The number of nitrogens with zero attached hydrogens (tertiary/aromatic N) is 1. The topological polar surface area (TPSA) is 108 Å². The zero-order valence-electron chi connectivity index (χ0n) is 23.5. The molecule has 1 aromatic heterocycles. The number of phenolic OH excluding ortho intramolecular Hbond substituents is 1. The Morgan fingerprint density at radius 3 is 2.26 bits per heavy atom. The number of amides is 1. The third kappa shape index (κ3) is 7.47. The minimum Gasteiger partial charge on any atom is -0.508 e. The minimum absolute atomic E-state index is 0.0888. The van der Waals surface area contributed by atoms with Crippen LogP contribution in [-0.2, 0) is 4.79 Å². The number of likely N-dealkylation sites (tertiary alicyclic amines) is 1. The number of hydrogen-bond donors (Lipinski definition) is 3. The summed E-state index contributed by atoms with van der Waals surface area (Å²) in [6.45, 7) is 4.24. The normalized spacial score (nSPS) is 13.6. The Morgan fingerprint density at radius 2 is 1.55 bits per heavy atom. The number of nitrogens with one attached hydrogen (secondary N) is 1. The van der Waals surface area contributed by atoms with Gasteiger partial charge in [-0.3, -0.25) is 19.7 Å². The first-order chi connectivity index (χ1) is 20.5. The van der Waals surface area contributed by atoms with Crippen LogP contribution in [-0.4, -0.2) is 59.8 Å². The predicted octanol–water partition coefficient (Wildman–Crippen LogP) is 6.42. The number of carbonyl (C=O) groups is 2. The average molecular weight is 589 g/mol. The van der Waals surface area contributed by atoms with Crippen LogP contribution in [0.5, 0.6) is 17.2 Å². The van der Waals surface area contributed by atoms with E-state index in [9.17, 15) is 14.7 Å². The predicted molar refractivity (Wildman–Crippen MR) is 164 cm³/mol. The minimum atomic E-state index is -0.408. The second-order valence-corrected chi connectivity index (χ2v) is 11.5. The lowest BCUT2D eigenvalue weighted by molar-refractivity contribution is -0.129.